The van der Waals surface area contributed by atoms with E-state index in [1.54, 1.807) is 6.08 Å². The first-order valence-electron chi connectivity index (χ1n) is 11.1. The number of carbonyl (C=O) groups is 2. The molecule has 0 aromatic carbocycles. The number of ketones is 1. The van der Waals surface area contributed by atoms with Crippen molar-refractivity contribution in [2.75, 3.05) is 12.9 Å². The molecule has 0 radical (unpaired) electrons. The van der Waals surface area contributed by atoms with Gasteiger partial charge in [-0.1, -0.05) is 33.8 Å². The zero-order chi connectivity index (χ0) is 23.4. The van der Waals surface area contributed by atoms with Crippen molar-refractivity contribution >= 4 is 21.9 Å². The summed E-state index contributed by atoms with van der Waals surface area (Å²) in [7, 11) is -3.79. The number of Topliss-reactive ketones (excluding diaryl/α,β-unsaturated/α-hetero) is 1. The number of carbonyl (C=O) groups excluding carboxylic acids is 2. The summed E-state index contributed by atoms with van der Waals surface area (Å²) in [6.07, 6.45) is 4.37. The second-order valence-corrected chi connectivity index (χ2v) is 12.2. The van der Waals surface area contributed by atoms with E-state index in [0.29, 0.717) is 12.8 Å². The fourth-order valence-electron chi connectivity index (χ4n) is 6.85. The van der Waals surface area contributed by atoms with Gasteiger partial charge in [-0.2, -0.15) is 8.42 Å². The van der Waals surface area contributed by atoms with E-state index in [9.17, 15) is 23.1 Å². The van der Waals surface area contributed by atoms with E-state index in [1.165, 1.54) is 0 Å². The highest BCUT2D eigenvalue weighted by Crippen LogP contribution is 2.67. The van der Waals surface area contributed by atoms with Gasteiger partial charge in [0.1, 0.15) is 11.9 Å². The van der Waals surface area contributed by atoms with Gasteiger partial charge < -0.3 is 9.84 Å². The van der Waals surface area contributed by atoms with Gasteiger partial charge in [-0.25, -0.2) is 4.79 Å². The Morgan fingerprint density at radius 3 is 2.52 bits per heavy atom. The topological polar surface area (TPSA) is 107 Å². The van der Waals surface area contributed by atoms with Gasteiger partial charge >= 0.3 is 5.97 Å². The highest BCUT2D eigenvalue weighted by atomic mass is 32.2. The fourth-order valence-corrected chi connectivity index (χ4v) is 7.16. The molecular formula is C23H36O7S. The lowest BCUT2D eigenvalue weighted by Gasteiger charge is -2.61. The largest absolute Gasteiger partial charge is 0.460 e. The molecule has 0 heterocycles. The molecule has 3 aliphatic rings. The second kappa shape index (κ2) is 7.96. The van der Waals surface area contributed by atoms with E-state index >= 15 is 0 Å². The molecule has 2 bridgehead atoms. The maximum atomic E-state index is 13.3. The molecule has 0 amide bonds. The van der Waals surface area contributed by atoms with E-state index in [0.717, 1.165) is 25.5 Å². The van der Waals surface area contributed by atoms with Gasteiger partial charge in [0.2, 0.25) is 0 Å². The first kappa shape index (κ1) is 24.4. The van der Waals surface area contributed by atoms with Crippen LogP contribution in [0.3, 0.4) is 0 Å². The lowest BCUT2D eigenvalue weighted by molar-refractivity contribution is -0.207. The zero-order valence-corrected chi connectivity index (χ0v) is 20.0. The molecule has 3 fully saturated rings. The predicted octanol–water partition coefficient (Wildman–Crippen LogP) is 2.87. The molecule has 0 spiro atoms. The molecule has 1 N–H and O–H groups in total. The van der Waals surface area contributed by atoms with Crippen LogP contribution in [0.2, 0.25) is 0 Å². The number of ether oxygens (including phenoxy) is 1. The molecule has 0 aromatic rings. The maximum absolute atomic E-state index is 13.3. The fraction of sp³-hybridized carbons (Fsp3) is 0.826. The van der Waals surface area contributed by atoms with Crippen LogP contribution in [0, 0.1) is 34.0 Å². The number of esters is 1. The van der Waals surface area contributed by atoms with E-state index < -0.39 is 45.7 Å². The van der Waals surface area contributed by atoms with Crippen LogP contribution in [0.15, 0.2) is 12.7 Å². The van der Waals surface area contributed by atoms with Crippen LogP contribution in [0.25, 0.3) is 0 Å². The Morgan fingerprint density at radius 1 is 1.29 bits per heavy atom. The van der Waals surface area contributed by atoms with Gasteiger partial charge in [0.25, 0.3) is 10.1 Å². The van der Waals surface area contributed by atoms with Crippen molar-refractivity contribution in [3.63, 3.8) is 0 Å². The van der Waals surface area contributed by atoms with Gasteiger partial charge in [-0.3, -0.25) is 8.98 Å². The third-order valence-corrected chi connectivity index (χ3v) is 9.51. The standard InChI is InChI=1S/C23H36O7S/c1-7-21(4)12-17(30-18(25)13-29-31(6,27)28)22(5)14(2)8-10-23(15(3)20(21)26)11-9-16(24)19(22)23/h7,14-15,17,19-20,26H,1,8-13H2,2-6H3/t14-,15+,17-,19+,20+,21-,22?,23?/m1/s1. The summed E-state index contributed by atoms with van der Waals surface area (Å²) in [6, 6.07) is 0. The van der Waals surface area contributed by atoms with Gasteiger partial charge in [-0.05, 0) is 42.9 Å². The monoisotopic (exact) mass is 456 g/mol. The maximum Gasteiger partial charge on any atom is 0.333 e. The molecule has 3 aliphatic carbocycles. The molecule has 3 rings (SSSR count). The summed E-state index contributed by atoms with van der Waals surface area (Å²) in [5.74, 6) is -0.943. The van der Waals surface area contributed by atoms with Crippen LogP contribution >= 0.6 is 0 Å². The second-order valence-electron chi connectivity index (χ2n) is 10.5. The molecule has 7 nitrogen and oxygen atoms in total. The van der Waals surface area contributed by atoms with Crippen LogP contribution in [0.4, 0.5) is 0 Å². The highest BCUT2D eigenvalue weighted by Gasteiger charge is 2.68. The van der Waals surface area contributed by atoms with Crippen molar-refractivity contribution in [3.05, 3.63) is 12.7 Å². The Kier molecular flexibility index (Phi) is 6.26. The van der Waals surface area contributed by atoms with Crippen molar-refractivity contribution in [2.45, 2.75) is 72.0 Å². The Morgan fingerprint density at radius 2 is 1.94 bits per heavy atom. The molecule has 0 saturated heterocycles. The van der Waals surface area contributed by atoms with Crippen LogP contribution < -0.4 is 0 Å². The summed E-state index contributed by atoms with van der Waals surface area (Å²) < 4.78 is 33.1. The molecule has 8 heteroatoms. The summed E-state index contributed by atoms with van der Waals surface area (Å²) in [5, 5.41) is 11.4. The lowest BCUT2D eigenvalue weighted by atomic mass is 9.44. The number of hydrogen-bond acceptors (Lipinski definition) is 7. The van der Waals surface area contributed by atoms with Crippen molar-refractivity contribution < 1.29 is 32.0 Å². The first-order chi connectivity index (χ1) is 14.2. The third kappa shape index (κ3) is 3.89. The predicted molar refractivity (Wildman–Crippen MR) is 115 cm³/mol. The Balaban J connectivity index is 2.08. The Bertz CT molecular complexity index is 867. The number of aliphatic hydroxyl groups excluding tert-OH is 1. The number of hydrogen-bond donors (Lipinski definition) is 1. The van der Waals surface area contributed by atoms with Gasteiger partial charge in [0.15, 0.2) is 6.61 Å². The molecular weight excluding hydrogens is 420 g/mol. The minimum Gasteiger partial charge on any atom is -0.460 e. The number of aliphatic hydroxyl groups is 1. The molecule has 0 aliphatic heterocycles. The smallest absolute Gasteiger partial charge is 0.333 e. The average Bonchev–Trinajstić information content (AvgIpc) is 3.05. The van der Waals surface area contributed by atoms with E-state index in [2.05, 4.69) is 17.7 Å². The molecule has 176 valence electrons. The Hall–Kier alpha value is -1.25. The average molecular weight is 457 g/mol. The van der Waals surface area contributed by atoms with E-state index in [-0.39, 0.29) is 29.0 Å². The normalized spacial score (nSPS) is 45.4. The van der Waals surface area contributed by atoms with Gasteiger partial charge in [-0.15, -0.1) is 6.58 Å². The molecule has 8 atom stereocenters. The Labute approximate surface area is 185 Å². The van der Waals surface area contributed by atoms with Crippen LogP contribution in [-0.2, 0) is 28.6 Å². The summed E-state index contributed by atoms with van der Waals surface area (Å²) in [6.45, 7) is 11.3. The van der Waals surface area contributed by atoms with Crippen molar-refractivity contribution in [1.82, 2.24) is 0 Å². The summed E-state index contributed by atoms with van der Waals surface area (Å²) in [4.78, 5) is 25.9. The molecule has 31 heavy (non-hydrogen) atoms. The van der Waals surface area contributed by atoms with E-state index in [4.69, 9.17) is 4.74 Å². The highest BCUT2D eigenvalue weighted by molar-refractivity contribution is 7.86. The summed E-state index contributed by atoms with van der Waals surface area (Å²) in [5.41, 5.74) is -1.72. The first-order valence-corrected chi connectivity index (χ1v) is 12.9. The van der Waals surface area contributed by atoms with Gasteiger partial charge in [0.05, 0.1) is 12.4 Å². The summed E-state index contributed by atoms with van der Waals surface area (Å²) >= 11 is 0. The molecule has 2 unspecified atom stereocenters. The third-order valence-electron chi connectivity index (χ3n) is 8.97. The van der Waals surface area contributed by atoms with Crippen molar-refractivity contribution in [2.24, 2.45) is 34.0 Å². The molecule has 0 aromatic heterocycles. The molecule has 3 saturated carbocycles. The van der Waals surface area contributed by atoms with E-state index in [1.807, 2.05) is 20.8 Å². The van der Waals surface area contributed by atoms with Crippen molar-refractivity contribution in [3.8, 4) is 0 Å². The van der Waals surface area contributed by atoms with Crippen LogP contribution in [0.1, 0.15) is 59.8 Å². The lowest BCUT2D eigenvalue weighted by Crippen LogP contribution is -2.63. The minimum atomic E-state index is -3.79. The van der Waals surface area contributed by atoms with Gasteiger partial charge in [0, 0.05) is 23.2 Å². The number of rotatable bonds is 5. The zero-order valence-electron chi connectivity index (χ0n) is 19.2. The minimum absolute atomic E-state index is 0.107. The SMILES string of the molecule is C=C[C@]1(C)C[C@@H](OC(=O)COS(C)(=O)=O)C2(C)[C@H](C)CCC3(CCC(=O)[C@H]32)[C@@H](C)[C@@H]1O. The van der Waals surface area contributed by atoms with Crippen LogP contribution in [0.5, 0.6) is 0 Å². The van der Waals surface area contributed by atoms with Crippen LogP contribution in [-0.4, -0.2) is 50.3 Å². The van der Waals surface area contributed by atoms with Crippen molar-refractivity contribution in [1.29, 1.82) is 0 Å². The quantitative estimate of drug-likeness (QED) is 0.385.